The molecule has 0 saturated carbocycles. The van der Waals surface area contributed by atoms with Gasteiger partial charge in [0.2, 0.25) is 5.91 Å². The molecule has 1 aliphatic heterocycles. The van der Waals surface area contributed by atoms with E-state index in [4.69, 9.17) is 0 Å². The van der Waals surface area contributed by atoms with Crippen molar-refractivity contribution in [2.45, 2.75) is 45.4 Å². The van der Waals surface area contributed by atoms with Crippen LogP contribution in [0.3, 0.4) is 0 Å². The Morgan fingerprint density at radius 2 is 2.25 bits per heavy atom. The van der Waals surface area contributed by atoms with E-state index in [1.165, 1.54) is 0 Å². The maximum Gasteiger partial charge on any atom is 0.345 e. The van der Waals surface area contributed by atoms with E-state index in [2.05, 4.69) is 20.2 Å². The average Bonchev–Trinajstić information content (AvgIpc) is 3.08. The number of nitrogens with one attached hydrogen (secondary N) is 2. The molecule has 1 saturated heterocycles. The summed E-state index contributed by atoms with van der Waals surface area (Å²) in [6.07, 6.45) is 4.88. The van der Waals surface area contributed by atoms with Crippen molar-refractivity contribution in [1.29, 1.82) is 0 Å². The highest BCUT2D eigenvalue weighted by molar-refractivity contribution is 5.76. The molecule has 128 valence electrons. The predicted octanol–water partition coefficient (Wildman–Crippen LogP) is 1.45. The van der Waals surface area contributed by atoms with Crippen LogP contribution in [0, 0.1) is 13.8 Å². The van der Waals surface area contributed by atoms with E-state index in [1.807, 2.05) is 24.8 Å². The summed E-state index contributed by atoms with van der Waals surface area (Å²) >= 11 is 0. The molecule has 0 radical (unpaired) electrons. The van der Waals surface area contributed by atoms with Crippen molar-refractivity contribution >= 4 is 5.91 Å². The van der Waals surface area contributed by atoms with Gasteiger partial charge in [0.05, 0.1) is 0 Å². The molecule has 1 aliphatic rings. The van der Waals surface area contributed by atoms with Crippen molar-refractivity contribution in [3.05, 3.63) is 45.4 Å². The minimum atomic E-state index is -0.335. The number of carbonyl (C=O) groups excluding carboxylic acids is 1. The molecule has 0 aliphatic carbocycles. The summed E-state index contributed by atoms with van der Waals surface area (Å²) in [7, 11) is 0. The third-order valence-corrected chi connectivity index (χ3v) is 4.78. The van der Waals surface area contributed by atoms with Gasteiger partial charge in [-0.05, 0) is 44.7 Å². The lowest BCUT2D eigenvalue weighted by atomic mass is 9.94. The first-order valence-corrected chi connectivity index (χ1v) is 8.38. The van der Waals surface area contributed by atoms with E-state index >= 15 is 0 Å². The summed E-state index contributed by atoms with van der Waals surface area (Å²) in [5.74, 6) is 0.493. The molecule has 1 atom stereocenters. The van der Waals surface area contributed by atoms with E-state index in [0.29, 0.717) is 24.5 Å². The number of H-pyrrole nitrogens is 2. The number of aromatic amines is 2. The zero-order valence-corrected chi connectivity index (χ0v) is 14.1. The van der Waals surface area contributed by atoms with Crippen LogP contribution in [0.5, 0.6) is 0 Å². The van der Waals surface area contributed by atoms with Crippen molar-refractivity contribution in [3.8, 4) is 0 Å². The Balaban J connectivity index is 1.62. The third-order valence-electron chi connectivity index (χ3n) is 4.78. The van der Waals surface area contributed by atoms with Crippen LogP contribution in [0.15, 0.2) is 17.1 Å². The number of likely N-dealkylation sites (tertiary alicyclic amines) is 1. The van der Waals surface area contributed by atoms with Crippen molar-refractivity contribution in [2.24, 2.45) is 0 Å². The maximum atomic E-state index is 12.6. The van der Waals surface area contributed by atoms with Gasteiger partial charge in [0.25, 0.3) is 0 Å². The number of piperidine rings is 1. The van der Waals surface area contributed by atoms with E-state index in [-0.39, 0.29) is 11.6 Å². The second-order valence-corrected chi connectivity index (χ2v) is 6.42. The molecule has 1 amide bonds. The van der Waals surface area contributed by atoms with Crippen LogP contribution in [0.25, 0.3) is 0 Å². The van der Waals surface area contributed by atoms with Gasteiger partial charge in [-0.1, -0.05) is 0 Å². The maximum absolute atomic E-state index is 12.6. The molecule has 7 heteroatoms. The number of nitrogens with zero attached hydrogens (tertiary/aromatic N) is 3. The molecule has 0 aromatic carbocycles. The fourth-order valence-corrected chi connectivity index (χ4v) is 3.46. The summed E-state index contributed by atoms with van der Waals surface area (Å²) in [5, 5.41) is 7.02. The monoisotopic (exact) mass is 329 g/mol. The lowest BCUT2D eigenvalue weighted by molar-refractivity contribution is -0.132. The molecule has 1 fully saturated rings. The topological polar surface area (TPSA) is 94.7 Å². The summed E-state index contributed by atoms with van der Waals surface area (Å²) in [5.41, 5.74) is 3.24. The normalized spacial score (nSPS) is 17.9. The van der Waals surface area contributed by atoms with Gasteiger partial charge >= 0.3 is 5.69 Å². The molecule has 0 spiro atoms. The number of amides is 1. The molecule has 2 aromatic rings. The predicted molar refractivity (Wildman–Crippen MR) is 89.8 cm³/mol. The SMILES string of the molecule is Cc1nc(=O)[nH]c(C)c1CCC(=O)N1CCCC(c2ccn[nH]2)C1. The van der Waals surface area contributed by atoms with Gasteiger partial charge < -0.3 is 9.88 Å². The number of carbonyl (C=O) groups is 1. The molecule has 2 N–H and O–H groups in total. The Bertz CT molecular complexity index is 740. The second kappa shape index (κ2) is 6.98. The van der Waals surface area contributed by atoms with Gasteiger partial charge in [-0.2, -0.15) is 10.1 Å². The van der Waals surface area contributed by atoms with E-state index in [0.717, 1.165) is 42.9 Å². The summed E-state index contributed by atoms with van der Waals surface area (Å²) in [4.78, 5) is 32.5. The van der Waals surface area contributed by atoms with Gasteiger partial charge in [0.1, 0.15) is 0 Å². The minimum Gasteiger partial charge on any atom is -0.342 e. The fraction of sp³-hybridized carbons (Fsp3) is 0.529. The first-order valence-electron chi connectivity index (χ1n) is 8.38. The van der Waals surface area contributed by atoms with Crippen LogP contribution in [-0.2, 0) is 11.2 Å². The molecular formula is C17H23N5O2. The zero-order valence-electron chi connectivity index (χ0n) is 14.1. The molecule has 3 heterocycles. The van der Waals surface area contributed by atoms with Crippen molar-refractivity contribution in [1.82, 2.24) is 25.1 Å². The standard InChI is InChI=1S/C17H23N5O2/c1-11-14(12(2)20-17(24)19-11)5-6-16(23)22-9-3-4-13(10-22)15-7-8-18-21-15/h7-8,13H,3-6,9-10H2,1-2H3,(H,18,21)(H,19,20,24). The molecule has 24 heavy (non-hydrogen) atoms. The van der Waals surface area contributed by atoms with Gasteiger partial charge in [-0.25, -0.2) is 4.79 Å². The third kappa shape index (κ3) is 3.55. The fourth-order valence-electron chi connectivity index (χ4n) is 3.46. The zero-order chi connectivity index (χ0) is 17.1. The molecule has 0 bridgehead atoms. The highest BCUT2D eigenvalue weighted by Gasteiger charge is 2.25. The Morgan fingerprint density at radius 3 is 2.96 bits per heavy atom. The molecule has 7 nitrogen and oxygen atoms in total. The van der Waals surface area contributed by atoms with Crippen molar-refractivity contribution in [3.63, 3.8) is 0 Å². The Kier molecular flexibility index (Phi) is 4.78. The van der Waals surface area contributed by atoms with Crippen LogP contribution in [0.4, 0.5) is 0 Å². The average molecular weight is 329 g/mol. The van der Waals surface area contributed by atoms with Gasteiger partial charge in [-0.3, -0.25) is 9.89 Å². The summed E-state index contributed by atoms with van der Waals surface area (Å²) in [6.45, 7) is 5.22. The summed E-state index contributed by atoms with van der Waals surface area (Å²) < 4.78 is 0. The van der Waals surface area contributed by atoms with Gasteiger partial charge in [0, 0.05) is 48.7 Å². The Labute approximate surface area is 140 Å². The van der Waals surface area contributed by atoms with Crippen LogP contribution in [0.2, 0.25) is 0 Å². The van der Waals surface area contributed by atoms with E-state index < -0.39 is 0 Å². The van der Waals surface area contributed by atoms with Gasteiger partial charge in [0.15, 0.2) is 0 Å². The molecule has 1 unspecified atom stereocenters. The Morgan fingerprint density at radius 1 is 1.42 bits per heavy atom. The quantitative estimate of drug-likeness (QED) is 0.887. The smallest absolute Gasteiger partial charge is 0.342 e. The Hall–Kier alpha value is -2.44. The second-order valence-electron chi connectivity index (χ2n) is 6.42. The minimum absolute atomic E-state index is 0.157. The van der Waals surface area contributed by atoms with Crippen LogP contribution >= 0.6 is 0 Å². The number of aromatic nitrogens is 4. The molecule has 3 rings (SSSR count). The van der Waals surface area contributed by atoms with Crippen LogP contribution in [-0.4, -0.2) is 44.1 Å². The van der Waals surface area contributed by atoms with E-state index in [1.54, 1.807) is 6.20 Å². The largest absolute Gasteiger partial charge is 0.345 e. The number of aryl methyl sites for hydroxylation is 2. The lowest BCUT2D eigenvalue weighted by Crippen LogP contribution is -2.39. The highest BCUT2D eigenvalue weighted by atomic mass is 16.2. The van der Waals surface area contributed by atoms with Crippen molar-refractivity contribution in [2.75, 3.05) is 13.1 Å². The van der Waals surface area contributed by atoms with Gasteiger partial charge in [-0.15, -0.1) is 0 Å². The first kappa shape index (κ1) is 16.4. The first-order chi connectivity index (χ1) is 11.5. The number of hydrogen-bond donors (Lipinski definition) is 2. The van der Waals surface area contributed by atoms with Crippen LogP contribution < -0.4 is 5.69 Å². The summed E-state index contributed by atoms with van der Waals surface area (Å²) in [6, 6.07) is 1.98. The molecule has 2 aromatic heterocycles. The highest BCUT2D eigenvalue weighted by Crippen LogP contribution is 2.25. The van der Waals surface area contributed by atoms with Crippen LogP contribution in [0.1, 0.15) is 47.8 Å². The number of hydrogen-bond acceptors (Lipinski definition) is 4. The molecular weight excluding hydrogens is 306 g/mol. The lowest BCUT2D eigenvalue weighted by Gasteiger charge is -2.32. The van der Waals surface area contributed by atoms with Crippen molar-refractivity contribution < 1.29 is 4.79 Å². The van der Waals surface area contributed by atoms with E-state index in [9.17, 15) is 9.59 Å². The number of rotatable bonds is 4.